The lowest BCUT2D eigenvalue weighted by molar-refractivity contribution is 0.485. The molecule has 0 aromatic carbocycles. The summed E-state index contributed by atoms with van der Waals surface area (Å²) in [5, 5.41) is 0. The SMILES string of the molecule is C[C@@H]1CC[C@@H](C)P1N(B(N(C)C)N(C)C)P1[C@H](C)CC[C@H]1C. The van der Waals surface area contributed by atoms with E-state index in [9.17, 15) is 0 Å². The van der Waals surface area contributed by atoms with E-state index in [1.807, 2.05) is 0 Å². The molecule has 128 valence electrons. The zero-order valence-corrected chi connectivity index (χ0v) is 17.7. The van der Waals surface area contributed by atoms with E-state index < -0.39 is 0 Å². The van der Waals surface area contributed by atoms with E-state index in [-0.39, 0.29) is 16.1 Å². The summed E-state index contributed by atoms with van der Waals surface area (Å²) in [6.07, 6.45) is 5.73. The molecule has 0 bridgehead atoms. The first-order valence-corrected chi connectivity index (χ1v) is 11.8. The summed E-state index contributed by atoms with van der Waals surface area (Å²) in [5.41, 5.74) is 3.59. The normalized spacial score (nSPS) is 34.5. The van der Waals surface area contributed by atoms with Crippen LogP contribution in [0.15, 0.2) is 0 Å². The van der Waals surface area contributed by atoms with Crippen molar-refractivity contribution in [3.63, 3.8) is 0 Å². The Morgan fingerprint density at radius 3 is 1.14 bits per heavy atom. The minimum atomic E-state index is -0.0207. The van der Waals surface area contributed by atoms with Gasteiger partial charge in [0.2, 0.25) is 0 Å². The molecule has 0 unspecified atom stereocenters. The van der Waals surface area contributed by atoms with E-state index in [1.54, 1.807) is 0 Å². The molecule has 6 heteroatoms. The predicted molar refractivity (Wildman–Crippen MR) is 105 cm³/mol. The van der Waals surface area contributed by atoms with Crippen LogP contribution in [-0.2, 0) is 0 Å². The van der Waals surface area contributed by atoms with Gasteiger partial charge in [0, 0.05) is 0 Å². The molecule has 3 nitrogen and oxygen atoms in total. The monoisotopic (exact) mass is 343 g/mol. The first-order chi connectivity index (χ1) is 10.3. The highest BCUT2D eigenvalue weighted by Gasteiger charge is 2.49. The van der Waals surface area contributed by atoms with Crippen LogP contribution in [0.25, 0.3) is 0 Å². The van der Waals surface area contributed by atoms with Crippen molar-refractivity contribution >= 4 is 23.3 Å². The van der Waals surface area contributed by atoms with Crippen LogP contribution < -0.4 is 0 Å². The van der Waals surface area contributed by atoms with Crippen molar-refractivity contribution in [2.75, 3.05) is 28.2 Å². The van der Waals surface area contributed by atoms with Crippen LogP contribution in [0.1, 0.15) is 53.4 Å². The Balaban J connectivity index is 2.39. The van der Waals surface area contributed by atoms with Crippen molar-refractivity contribution in [1.82, 2.24) is 14.0 Å². The topological polar surface area (TPSA) is 9.72 Å². The maximum atomic E-state index is 3.05. The Morgan fingerprint density at radius 1 is 0.636 bits per heavy atom. The van der Waals surface area contributed by atoms with Gasteiger partial charge in [-0.15, -0.1) is 0 Å². The summed E-state index contributed by atoms with van der Waals surface area (Å²) < 4.78 is 3.05. The molecule has 0 N–H and O–H groups in total. The highest BCUT2D eigenvalue weighted by atomic mass is 31.2. The van der Waals surface area contributed by atoms with Gasteiger partial charge in [-0.05, 0) is 92.7 Å². The summed E-state index contributed by atoms with van der Waals surface area (Å²) in [6, 6.07) is 0. The summed E-state index contributed by atoms with van der Waals surface area (Å²) in [5.74, 6) is 0. The van der Waals surface area contributed by atoms with E-state index in [2.05, 4.69) is 69.9 Å². The van der Waals surface area contributed by atoms with Crippen LogP contribution in [-0.4, -0.2) is 71.9 Å². The third kappa shape index (κ3) is 3.73. The molecule has 2 saturated heterocycles. The van der Waals surface area contributed by atoms with Gasteiger partial charge in [-0.3, -0.25) is 4.35 Å². The second-order valence-corrected chi connectivity index (χ2v) is 14.1. The van der Waals surface area contributed by atoms with Crippen LogP contribution in [0, 0.1) is 0 Å². The minimum Gasteiger partial charge on any atom is -0.319 e. The smallest absolute Gasteiger partial charge is 0.319 e. The second kappa shape index (κ2) is 7.79. The second-order valence-electron chi connectivity index (χ2n) is 7.90. The molecule has 2 aliphatic rings. The molecule has 2 aliphatic heterocycles. The fraction of sp³-hybridized carbons (Fsp3) is 1.00. The van der Waals surface area contributed by atoms with Crippen LogP contribution in [0.3, 0.4) is 0 Å². The molecule has 4 atom stereocenters. The molecule has 0 spiro atoms. The molecular formula is C16H36BN3P2. The quantitative estimate of drug-likeness (QED) is 0.543. The average molecular weight is 343 g/mol. The Bertz CT molecular complexity index is 315. The molecule has 22 heavy (non-hydrogen) atoms. The largest absolute Gasteiger partial charge is 0.410 e. The van der Waals surface area contributed by atoms with Crippen LogP contribution >= 0.6 is 16.1 Å². The lowest BCUT2D eigenvalue weighted by atomic mass is 9.92. The average Bonchev–Trinajstić information content (AvgIpc) is 2.90. The van der Waals surface area contributed by atoms with Gasteiger partial charge in [-0.25, -0.2) is 0 Å². The van der Waals surface area contributed by atoms with Gasteiger partial charge < -0.3 is 9.62 Å². The van der Waals surface area contributed by atoms with E-state index in [0.717, 1.165) is 22.6 Å². The summed E-state index contributed by atoms with van der Waals surface area (Å²) in [7, 11) is 9.47. The molecule has 2 fully saturated rings. The molecule has 2 heterocycles. The van der Waals surface area contributed by atoms with Crippen LogP contribution in [0.2, 0.25) is 0 Å². The van der Waals surface area contributed by atoms with Gasteiger partial charge in [-0.1, -0.05) is 27.7 Å². The summed E-state index contributed by atoms with van der Waals surface area (Å²) in [6.45, 7) is 10.1. The van der Waals surface area contributed by atoms with Gasteiger partial charge in [0.05, 0.1) is 0 Å². The first-order valence-electron chi connectivity index (χ1n) is 8.94. The molecular weight excluding hydrogens is 307 g/mol. The van der Waals surface area contributed by atoms with Crippen molar-refractivity contribution in [2.24, 2.45) is 0 Å². The molecule has 0 aliphatic carbocycles. The molecule has 0 saturated carbocycles. The molecule has 0 aromatic rings. The van der Waals surface area contributed by atoms with Crippen molar-refractivity contribution in [3.05, 3.63) is 0 Å². The first kappa shape index (κ1) is 19.1. The van der Waals surface area contributed by atoms with Crippen molar-refractivity contribution in [2.45, 2.75) is 76.0 Å². The third-order valence-corrected chi connectivity index (χ3v) is 12.7. The summed E-state index contributed by atoms with van der Waals surface area (Å²) in [4.78, 5) is 4.89. The molecule has 0 amide bonds. The van der Waals surface area contributed by atoms with Gasteiger partial charge in [0.1, 0.15) is 0 Å². The maximum absolute atomic E-state index is 3.05. The lowest BCUT2D eigenvalue weighted by Crippen LogP contribution is -2.56. The van der Waals surface area contributed by atoms with Gasteiger partial charge in [0.15, 0.2) is 0 Å². The number of rotatable bonds is 5. The zero-order valence-electron chi connectivity index (χ0n) is 16.0. The van der Waals surface area contributed by atoms with Crippen LogP contribution in [0.5, 0.6) is 0 Å². The highest BCUT2D eigenvalue weighted by molar-refractivity contribution is 7.74. The Hall–Kier alpha value is 0.805. The number of hydrogen-bond donors (Lipinski definition) is 0. The van der Waals surface area contributed by atoms with E-state index in [4.69, 9.17) is 0 Å². The highest BCUT2D eigenvalue weighted by Crippen LogP contribution is 2.71. The fourth-order valence-electron chi connectivity index (χ4n) is 4.40. The standard InChI is InChI=1S/C16H36BN3P2/c1-13-9-10-14(2)21(13)20(17(18(5)6)19(7)8)22-15(3)11-12-16(22)4/h13-16H,9-12H2,1-8H3/t13-,14-,15-,16-/m1/s1. The third-order valence-electron chi connectivity index (χ3n) is 5.41. The maximum Gasteiger partial charge on any atom is 0.410 e. The van der Waals surface area contributed by atoms with Crippen molar-refractivity contribution < 1.29 is 0 Å². The number of nitrogens with zero attached hydrogens (tertiary/aromatic N) is 3. The van der Waals surface area contributed by atoms with Crippen molar-refractivity contribution in [3.8, 4) is 0 Å². The minimum absolute atomic E-state index is 0.0207. The predicted octanol–water partition coefficient (Wildman–Crippen LogP) is 4.33. The Kier molecular flexibility index (Phi) is 6.78. The van der Waals surface area contributed by atoms with Gasteiger partial charge >= 0.3 is 7.12 Å². The summed E-state index contributed by atoms with van der Waals surface area (Å²) >= 11 is 0. The van der Waals surface area contributed by atoms with E-state index >= 15 is 0 Å². The molecule has 0 aromatic heterocycles. The lowest BCUT2D eigenvalue weighted by Gasteiger charge is -2.48. The van der Waals surface area contributed by atoms with Gasteiger partial charge in [-0.2, -0.15) is 0 Å². The fourth-order valence-corrected chi connectivity index (χ4v) is 13.8. The Labute approximate surface area is 141 Å². The number of hydrogen-bond acceptors (Lipinski definition) is 3. The molecule has 0 radical (unpaired) electrons. The Morgan fingerprint density at radius 2 is 0.909 bits per heavy atom. The van der Waals surface area contributed by atoms with Crippen molar-refractivity contribution in [1.29, 1.82) is 0 Å². The van der Waals surface area contributed by atoms with E-state index in [1.165, 1.54) is 25.7 Å². The zero-order chi connectivity index (χ0) is 16.6. The van der Waals surface area contributed by atoms with Gasteiger partial charge in [0.25, 0.3) is 0 Å². The molecule has 2 rings (SSSR count). The van der Waals surface area contributed by atoms with Crippen LogP contribution in [0.4, 0.5) is 0 Å². The van der Waals surface area contributed by atoms with E-state index in [0.29, 0.717) is 7.12 Å².